The van der Waals surface area contributed by atoms with Gasteiger partial charge in [0.05, 0.1) is 13.7 Å². The van der Waals surface area contributed by atoms with Crippen molar-refractivity contribution >= 4 is 16.4 Å². The molecule has 7 nitrogen and oxygen atoms in total. The third-order valence-electron chi connectivity index (χ3n) is 2.59. The van der Waals surface area contributed by atoms with Crippen LogP contribution in [0.5, 0.6) is 5.75 Å². The minimum absolute atomic E-state index is 0.221. The second-order valence-corrected chi connectivity index (χ2v) is 5.09. The first-order valence-corrected chi connectivity index (χ1v) is 6.38. The van der Waals surface area contributed by atoms with Gasteiger partial charge >= 0.3 is 16.4 Å². The molecule has 0 aromatic heterocycles. The Morgan fingerprint density at radius 1 is 1.44 bits per heavy atom. The van der Waals surface area contributed by atoms with Crippen molar-refractivity contribution in [1.82, 2.24) is 4.31 Å². The van der Waals surface area contributed by atoms with Gasteiger partial charge in [-0.1, -0.05) is 12.1 Å². The number of hydrogen-bond acceptors (Lipinski definition) is 5. The van der Waals surface area contributed by atoms with Crippen LogP contribution in [0.25, 0.3) is 0 Å². The summed E-state index contributed by atoms with van der Waals surface area (Å²) in [6.45, 7) is -0.221. The van der Waals surface area contributed by atoms with E-state index in [0.717, 1.165) is 0 Å². The molecule has 1 saturated heterocycles. The number of carbonyl (C=O) groups is 1. The van der Waals surface area contributed by atoms with E-state index in [4.69, 9.17) is 9.84 Å². The number of hydrogen-bond donors (Lipinski definition) is 1. The number of amides is 1. The molecule has 2 rings (SSSR count). The van der Waals surface area contributed by atoms with Crippen LogP contribution in [-0.2, 0) is 14.5 Å². The quantitative estimate of drug-likeness (QED) is 0.863. The zero-order valence-corrected chi connectivity index (χ0v) is 10.3. The molecule has 1 heterocycles. The van der Waals surface area contributed by atoms with E-state index in [-0.39, 0.29) is 6.61 Å². The van der Waals surface area contributed by atoms with E-state index in [1.807, 2.05) is 0 Å². The van der Waals surface area contributed by atoms with Gasteiger partial charge in [-0.3, -0.25) is 4.18 Å². The van der Waals surface area contributed by atoms with Gasteiger partial charge in [-0.15, -0.1) is 0 Å². The highest BCUT2D eigenvalue weighted by atomic mass is 32.2. The Balaban J connectivity index is 2.35. The van der Waals surface area contributed by atoms with E-state index in [9.17, 15) is 13.2 Å². The number of rotatable bonds is 2. The van der Waals surface area contributed by atoms with Crippen LogP contribution in [-0.4, -0.2) is 37.6 Å². The summed E-state index contributed by atoms with van der Waals surface area (Å²) in [5.41, 5.74) is 0.527. The summed E-state index contributed by atoms with van der Waals surface area (Å²) in [5.74, 6) is 0.599. The van der Waals surface area contributed by atoms with Crippen molar-refractivity contribution in [2.75, 3.05) is 13.7 Å². The fourth-order valence-electron chi connectivity index (χ4n) is 1.72. The molecule has 8 heteroatoms. The van der Waals surface area contributed by atoms with Crippen molar-refractivity contribution in [3.63, 3.8) is 0 Å². The molecule has 1 aromatic carbocycles. The molecule has 1 amide bonds. The van der Waals surface area contributed by atoms with Crippen molar-refractivity contribution in [1.29, 1.82) is 0 Å². The van der Waals surface area contributed by atoms with Gasteiger partial charge < -0.3 is 9.84 Å². The second kappa shape index (κ2) is 4.46. The maximum Gasteiger partial charge on any atom is 0.423 e. The fraction of sp³-hybridized carbons (Fsp3) is 0.300. The van der Waals surface area contributed by atoms with Crippen molar-refractivity contribution in [3.8, 4) is 5.75 Å². The lowest BCUT2D eigenvalue weighted by molar-refractivity contribution is 0.164. The minimum Gasteiger partial charge on any atom is -0.497 e. The fourth-order valence-corrected chi connectivity index (χ4v) is 2.82. The predicted molar refractivity (Wildman–Crippen MR) is 60.5 cm³/mol. The van der Waals surface area contributed by atoms with Crippen LogP contribution in [0.15, 0.2) is 24.3 Å². The summed E-state index contributed by atoms with van der Waals surface area (Å²) in [7, 11) is -2.70. The first-order chi connectivity index (χ1) is 8.45. The van der Waals surface area contributed by atoms with Crippen LogP contribution in [0.4, 0.5) is 4.79 Å². The Morgan fingerprint density at radius 3 is 2.56 bits per heavy atom. The largest absolute Gasteiger partial charge is 0.497 e. The number of benzene rings is 1. The summed E-state index contributed by atoms with van der Waals surface area (Å²) in [6, 6.07) is 5.59. The highest BCUT2D eigenvalue weighted by Crippen LogP contribution is 2.32. The van der Waals surface area contributed by atoms with Gasteiger partial charge in [-0.25, -0.2) is 4.79 Å². The molecule has 98 valence electrons. The Kier molecular flexibility index (Phi) is 3.14. The third-order valence-corrected chi connectivity index (χ3v) is 3.91. The standard InChI is InChI=1S/C10H11NO6S/c1-16-8-4-2-7(3-5-8)9-6-17-18(14,15)11(9)10(12)13/h2-5,9H,6H2,1H3,(H,12,13)/t9-/m1/s1. The van der Waals surface area contributed by atoms with E-state index in [0.29, 0.717) is 15.6 Å². The molecule has 0 unspecified atom stereocenters. The monoisotopic (exact) mass is 273 g/mol. The Hall–Kier alpha value is -1.80. The van der Waals surface area contributed by atoms with E-state index in [2.05, 4.69) is 4.18 Å². The highest BCUT2D eigenvalue weighted by Gasteiger charge is 2.43. The molecular weight excluding hydrogens is 262 g/mol. The molecular formula is C10H11NO6S. The van der Waals surface area contributed by atoms with Crippen molar-refractivity contribution in [2.24, 2.45) is 0 Å². The van der Waals surface area contributed by atoms with E-state index in [1.165, 1.54) is 7.11 Å². The Morgan fingerprint density at radius 2 is 2.06 bits per heavy atom. The second-order valence-electron chi connectivity index (χ2n) is 3.61. The van der Waals surface area contributed by atoms with Crippen LogP contribution in [0.2, 0.25) is 0 Å². The molecule has 0 saturated carbocycles. The minimum atomic E-state index is -4.20. The van der Waals surface area contributed by atoms with Gasteiger partial charge in [0, 0.05) is 0 Å². The molecule has 0 bridgehead atoms. The first-order valence-electron chi connectivity index (χ1n) is 5.01. The summed E-state index contributed by atoms with van der Waals surface area (Å²) in [4.78, 5) is 11.0. The van der Waals surface area contributed by atoms with Gasteiger partial charge in [-0.2, -0.15) is 12.7 Å². The smallest absolute Gasteiger partial charge is 0.423 e. The normalized spacial score (nSPS) is 21.8. The molecule has 0 aliphatic carbocycles. The van der Waals surface area contributed by atoms with E-state index in [1.54, 1.807) is 24.3 Å². The topological polar surface area (TPSA) is 93.1 Å². The lowest BCUT2D eigenvalue weighted by atomic mass is 10.1. The molecule has 1 fully saturated rings. The molecule has 1 aromatic rings. The van der Waals surface area contributed by atoms with E-state index < -0.39 is 22.4 Å². The summed E-state index contributed by atoms with van der Waals surface area (Å²) in [6.07, 6.45) is -1.56. The molecule has 18 heavy (non-hydrogen) atoms. The lowest BCUT2D eigenvalue weighted by Crippen LogP contribution is -2.33. The maximum atomic E-state index is 11.4. The summed E-state index contributed by atoms with van der Waals surface area (Å²) >= 11 is 0. The molecule has 0 radical (unpaired) electrons. The molecule has 0 spiro atoms. The van der Waals surface area contributed by atoms with Crippen LogP contribution in [0.1, 0.15) is 11.6 Å². The zero-order valence-electron chi connectivity index (χ0n) is 9.44. The van der Waals surface area contributed by atoms with Gasteiger partial charge in [0.1, 0.15) is 11.8 Å². The molecule has 1 atom stereocenters. The van der Waals surface area contributed by atoms with Crippen LogP contribution in [0.3, 0.4) is 0 Å². The molecule has 1 aliphatic rings. The lowest BCUT2D eigenvalue weighted by Gasteiger charge is -2.17. The molecule has 1 N–H and O–H groups in total. The SMILES string of the molecule is COc1ccc([C@H]2COS(=O)(=O)N2C(=O)O)cc1. The highest BCUT2D eigenvalue weighted by molar-refractivity contribution is 7.85. The number of nitrogens with zero attached hydrogens (tertiary/aromatic N) is 1. The summed E-state index contributed by atoms with van der Waals surface area (Å²) in [5, 5.41) is 8.92. The van der Waals surface area contributed by atoms with Crippen molar-refractivity contribution in [3.05, 3.63) is 29.8 Å². The van der Waals surface area contributed by atoms with Gasteiger partial charge in [-0.05, 0) is 17.7 Å². The van der Waals surface area contributed by atoms with Gasteiger partial charge in [0.25, 0.3) is 0 Å². The summed E-state index contributed by atoms with van der Waals surface area (Å²) < 4.78 is 32.6. The Bertz CT molecular complexity index is 552. The van der Waals surface area contributed by atoms with Crippen LogP contribution >= 0.6 is 0 Å². The van der Waals surface area contributed by atoms with Crippen LogP contribution < -0.4 is 4.74 Å². The Labute approximate surface area is 104 Å². The van der Waals surface area contributed by atoms with Crippen LogP contribution in [0, 0.1) is 0 Å². The van der Waals surface area contributed by atoms with Gasteiger partial charge in [0.15, 0.2) is 0 Å². The van der Waals surface area contributed by atoms with Crippen molar-refractivity contribution in [2.45, 2.75) is 6.04 Å². The zero-order chi connectivity index (χ0) is 13.3. The third kappa shape index (κ3) is 2.12. The number of ether oxygens (including phenoxy) is 1. The number of methoxy groups -OCH3 is 1. The average Bonchev–Trinajstić information content (AvgIpc) is 2.65. The maximum absolute atomic E-state index is 11.4. The van der Waals surface area contributed by atoms with Gasteiger partial charge in [0.2, 0.25) is 0 Å². The molecule has 1 aliphatic heterocycles. The van der Waals surface area contributed by atoms with Crippen molar-refractivity contribution < 1.29 is 27.2 Å². The van der Waals surface area contributed by atoms with E-state index >= 15 is 0 Å². The first kappa shape index (κ1) is 12.7. The average molecular weight is 273 g/mol. The number of carboxylic acid groups (broad SMARTS) is 1. The predicted octanol–water partition coefficient (Wildman–Crippen LogP) is 0.991.